The molecule has 0 fully saturated rings. The second-order valence-electron chi connectivity index (χ2n) is 6.23. The predicted octanol–water partition coefficient (Wildman–Crippen LogP) is 5.35. The molecule has 0 spiro atoms. The van der Waals surface area contributed by atoms with Crippen molar-refractivity contribution in [3.8, 4) is 28.0 Å². The Kier molecular flexibility index (Phi) is 4.85. The third kappa shape index (κ3) is 3.55. The average Bonchev–Trinajstić information content (AvgIpc) is 3.21. The molecule has 3 aromatic carbocycles. The topological polar surface area (TPSA) is 48.3 Å². The summed E-state index contributed by atoms with van der Waals surface area (Å²) in [6, 6.07) is 22.9. The van der Waals surface area contributed by atoms with Gasteiger partial charge in [0.25, 0.3) is 0 Å². The molecule has 0 aliphatic rings. The highest BCUT2D eigenvalue weighted by molar-refractivity contribution is 7.03. The largest absolute Gasteiger partial charge is 0.496 e. The van der Waals surface area contributed by atoms with E-state index < -0.39 is 0 Å². The average molecular weight is 374 g/mol. The van der Waals surface area contributed by atoms with Crippen molar-refractivity contribution < 1.29 is 9.72 Å². The van der Waals surface area contributed by atoms with Gasteiger partial charge in [0.2, 0.25) is 0 Å². The number of nitrogens with zero attached hydrogens (tertiary/aromatic N) is 1. The van der Waals surface area contributed by atoms with Gasteiger partial charge < -0.3 is 4.74 Å². The normalized spacial score (nSPS) is 10.6. The fourth-order valence-corrected chi connectivity index (χ4v) is 3.67. The third-order valence-corrected chi connectivity index (χ3v) is 4.90. The van der Waals surface area contributed by atoms with Gasteiger partial charge in [0.1, 0.15) is 11.4 Å². The number of rotatable bonds is 5. The lowest BCUT2D eigenvalue weighted by Crippen LogP contribution is -2.07. The molecule has 0 bridgehead atoms. The number of hydrogen-bond donors (Lipinski definition) is 1. The van der Waals surface area contributed by atoms with Gasteiger partial charge in [0, 0.05) is 11.1 Å². The van der Waals surface area contributed by atoms with E-state index in [-0.39, 0.29) is 0 Å². The number of benzene rings is 3. The van der Waals surface area contributed by atoms with Crippen LogP contribution < -0.4 is 15.0 Å². The van der Waals surface area contributed by atoms with E-state index in [9.17, 15) is 0 Å². The number of nitrogens with one attached hydrogen (secondary N) is 2. The first-order valence-electron chi connectivity index (χ1n) is 8.69. The summed E-state index contributed by atoms with van der Waals surface area (Å²) in [7, 11) is 1.70. The summed E-state index contributed by atoms with van der Waals surface area (Å²) < 4.78 is 10.0. The fourth-order valence-electron chi connectivity index (χ4n) is 3.25. The summed E-state index contributed by atoms with van der Waals surface area (Å²) in [6.45, 7) is 2.11. The van der Waals surface area contributed by atoms with E-state index in [2.05, 4.69) is 64.1 Å². The summed E-state index contributed by atoms with van der Waals surface area (Å²) in [4.78, 5) is 3.14. The number of para-hydroxylation sites is 1. The second-order valence-corrected chi connectivity index (χ2v) is 6.86. The molecule has 0 unspecified atom stereocenters. The first-order chi connectivity index (χ1) is 13.3. The van der Waals surface area contributed by atoms with Gasteiger partial charge in [0.15, 0.2) is 5.51 Å². The number of hydrogen-bond acceptors (Lipinski definition) is 4. The number of aromatic amines is 1. The molecule has 0 amide bonds. The van der Waals surface area contributed by atoms with Crippen molar-refractivity contribution in [1.29, 1.82) is 0 Å². The van der Waals surface area contributed by atoms with E-state index in [0.29, 0.717) is 0 Å². The van der Waals surface area contributed by atoms with Crippen molar-refractivity contribution in [2.75, 3.05) is 12.4 Å². The van der Waals surface area contributed by atoms with Gasteiger partial charge in [-0.15, -0.1) is 0 Å². The number of ether oxygens (including phenoxy) is 1. The highest BCUT2D eigenvalue weighted by Crippen LogP contribution is 2.43. The number of aromatic nitrogens is 2. The van der Waals surface area contributed by atoms with Gasteiger partial charge in [-0.3, -0.25) is 0 Å². The monoisotopic (exact) mass is 374 g/mol. The van der Waals surface area contributed by atoms with Crippen molar-refractivity contribution in [3.63, 3.8) is 0 Å². The molecule has 0 saturated carbocycles. The molecule has 0 aliphatic carbocycles. The maximum atomic E-state index is 5.66. The Hall–Kier alpha value is -3.18. The first-order valence-corrected chi connectivity index (χ1v) is 9.52. The van der Waals surface area contributed by atoms with Crippen LogP contribution in [0.15, 0.2) is 72.2 Å². The molecule has 1 heterocycles. The maximum absolute atomic E-state index is 5.66. The first kappa shape index (κ1) is 17.2. The minimum Gasteiger partial charge on any atom is -0.496 e. The molecule has 0 atom stereocenters. The van der Waals surface area contributed by atoms with E-state index in [0.717, 1.165) is 39.6 Å². The van der Waals surface area contributed by atoms with Crippen molar-refractivity contribution in [3.05, 3.63) is 77.8 Å². The molecule has 27 heavy (non-hydrogen) atoms. The van der Waals surface area contributed by atoms with Gasteiger partial charge in [0.05, 0.1) is 18.6 Å². The van der Waals surface area contributed by atoms with Gasteiger partial charge in [-0.1, -0.05) is 54.6 Å². The van der Waals surface area contributed by atoms with E-state index in [1.54, 1.807) is 7.11 Å². The molecule has 4 rings (SSSR count). The van der Waals surface area contributed by atoms with Crippen molar-refractivity contribution >= 4 is 23.2 Å². The molecule has 0 saturated heterocycles. The Labute approximate surface area is 162 Å². The smallest absolute Gasteiger partial charge is 0.407 e. The van der Waals surface area contributed by atoms with Crippen LogP contribution in [0.4, 0.5) is 11.6 Å². The van der Waals surface area contributed by atoms with E-state index in [1.165, 1.54) is 17.1 Å². The van der Waals surface area contributed by atoms with Crippen molar-refractivity contribution in [2.45, 2.75) is 6.92 Å². The summed E-state index contributed by atoms with van der Waals surface area (Å²) in [5.74, 6) is 1.56. The molecule has 5 heteroatoms. The number of aryl methyl sites for hydroxylation is 1. The number of H-pyrrole nitrogens is 1. The maximum Gasteiger partial charge on any atom is 0.407 e. The minimum absolute atomic E-state index is 0.723. The summed E-state index contributed by atoms with van der Waals surface area (Å²) in [6.07, 6.45) is 0. The predicted molar refractivity (Wildman–Crippen MR) is 111 cm³/mol. The molecule has 134 valence electrons. The van der Waals surface area contributed by atoms with Crippen LogP contribution in [0, 0.1) is 6.92 Å². The Morgan fingerprint density at radius 3 is 2.48 bits per heavy atom. The highest BCUT2D eigenvalue weighted by atomic mass is 32.1. The van der Waals surface area contributed by atoms with E-state index in [4.69, 9.17) is 4.74 Å². The van der Waals surface area contributed by atoms with Crippen LogP contribution in [0.3, 0.4) is 0 Å². The molecule has 2 N–H and O–H groups in total. The molecular weight excluding hydrogens is 354 g/mol. The summed E-state index contributed by atoms with van der Waals surface area (Å²) in [5.41, 5.74) is 8.44. The zero-order valence-corrected chi connectivity index (χ0v) is 16.0. The third-order valence-electron chi connectivity index (χ3n) is 4.39. The van der Waals surface area contributed by atoms with E-state index in [1.807, 2.05) is 29.8 Å². The van der Waals surface area contributed by atoms with Crippen molar-refractivity contribution in [1.82, 2.24) is 4.37 Å². The van der Waals surface area contributed by atoms with Crippen LogP contribution in [0.25, 0.3) is 22.3 Å². The zero-order valence-electron chi connectivity index (χ0n) is 15.2. The van der Waals surface area contributed by atoms with Gasteiger partial charge in [-0.2, -0.15) is 0 Å². The molecule has 0 aliphatic heterocycles. The lowest BCUT2D eigenvalue weighted by molar-refractivity contribution is -0.356. The van der Waals surface area contributed by atoms with Crippen LogP contribution in [0.2, 0.25) is 0 Å². The van der Waals surface area contributed by atoms with Gasteiger partial charge in [-0.05, 0) is 40.1 Å². The second kappa shape index (κ2) is 7.60. The van der Waals surface area contributed by atoms with Crippen LogP contribution in [-0.4, -0.2) is 11.5 Å². The zero-order chi connectivity index (χ0) is 18.6. The Balaban J connectivity index is 2.00. The van der Waals surface area contributed by atoms with Crippen LogP contribution >= 0.6 is 11.5 Å². The lowest BCUT2D eigenvalue weighted by atomic mass is 9.91. The number of anilines is 2. The van der Waals surface area contributed by atoms with Crippen molar-refractivity contribution in [2.24, 2.45) is 0 Å². The Bertz CT molecular complexity index is 1050. The minimum atomic E-state index is 0.723. The SMILES string of the molecule is COc1ccccc1-c1c(Nc2nsc[nH+]2)cc(C)cc1-c1ccccc1. The van der Waals surface area contributed by atoms with Crippen LogP contribution in [0.1, 0.15) is 5.56 Å². The lowest BCUT2D eigenvalue weighted by Gasteiger charge is -2.17. The molecule has 4 nitrogen and oxygen atoms in total. The summed E-state index contributed by atoms with van der Waals surface area (Å²) in [5, 5.41) is 3.44. The quantitative estimate of drug-likeness (QED) is 0.512. The molecule has 1 aromatic heterocycles. The highest BCUT2D eigenvalue weighted by Gasteiger charge is 2.20. The molecule has 0 radical (unpaired) electrons. The van der Waals surface area contributed by atoms with E-state index >= 15 is 0 Å². The van der Waals surface area contributed by atoms with Crippen LogP contribution in [-0.2, 0) is 0 Å². The van der Waals surface area contributed by atoms with Gasteiger partial charge >= 0.3 is 5.95 Å². The standard InChI is InChI=1S/C22H19N3OS/c1-15-12-18(16-8-4-3-5-9-16)21(17-10-6-7-11-20(17)26-2)19(13-15)24-22-23-14-27-25-22/h3-14H,1-2H3,(H,24,25)/p+1. The number of methoxy groups -OCH3 is 1. The fraction of sp³-hybridized carbons (Fsp3) is 0.0909. The Morgan fingerprint density at radius 2 is 1.74 bits per heavy atom. The van der Waals surface area contributed by atoms with Gasteiger partial charge in [-0.25, -0.2) is 10.3 Å². The molecule has 4 aromatic rings. The Morgan fingerprint density at radius 1 is 0.963 bits per heavy atom. The molecular formula is C22H20N3OS+. The van der Waals surface area contributed by atoms with Crippen LogP contribution in [0.5, 0.6) is 5.75 Å². The summed E-state index contributed by atoms with van der Waals surface area (Å²) >= 11 is 1.38.